The van der Waals surface area contributed by atoms with Gasteiger partial charge in [0.05, 0.1) is 16.8 Å². The Bertz CT molecular complexity index is 1440. The molecule has 0 unspecified atom stereocenters. The molecule has 150 valence electrons. The summed E-state index contributed by atoms with van der Waals surface area (Å²) in [4.78, 5) is 18.2. The molecule has 0 aliphatic rings. The molecule has 0 bridgehead atoms. The number of carbonyl (C=O) groups is 1. The molecule has 4 heteroatoms. The molecule has 31 heavy (non-hydrogen) atoms. The number of pyridine rings is 1. The molecule has 4 aromatic carbocycles. The Labute approximate surface area is 188 Å². The minimum atomic E-state index is -0.396. The lowest BCUT2D eigenvalue weighted by molar-refractivity contribution is 0.0739. The molecule has 5 rings (SSSR count). The maximum Gasteiger partial charge on any atom is 0.344 e. The minimum absolute atomic E-state index is 0.396. The van der Waals surface area contributed by atoms with E-state index >= 15 is 0 Å². The molecule has 0 saturated carbocycles. The number of aryl methyl sites for hydroxylation is 1. The van der Waals surface area contributed by atoms with Crippen LogP contribution in [0.1, 0.15) is 15.9 Å². The van der Waals surface area contributed by atoms with E-state index in [-0.39, 0.29) is 0 Å². The lowest BCUT2D eigenvalue weighted by Crippen LogP contribution is -2.10. The predicted molar refractivity (Wildman–Crippen MR) is 129 cm³/mol. The second kappa shape index (κ2) is 7.97. The zero-order valence-corrected chi connectivity index (χ0v) is 18.4. The molecule has 1 heterocycles. The van der Waals surface area contributed by atoms with Crippen LogP contribution >= 0.6 is 15.9 Å². The molecule has 0 N–H and O–H groups in total. The first-order valence-corrected chi connectivity index (χ1v) is 10.8. The summed E-state index contributed by atoms with van der Waals surface area (Å²) in [7, 11) is 0. The van der Waals surface area contributed by atoms with Gasteiger partial charge in [0.2, 0.25) is 0 Å². The Hall–Kier alpha value is -3.50. The highest BCUT2D eigenvalue weighted by molar-refractivity contribution is 9.10. The van der Waals surface area contributed by atoms with Gasteiger partial charge in [0.25, 0.3) is 0 Å². The van der Waals surface area contributed by atoms with Gasteiger partial charge in [-0.15, -0.1) is 0 Å². The number of carbonyl (C=O) groups excluding carboxylic acids is 1. The van der Waals surface area contributed by atoms with Crippen LogP contribution in [-0.4, -0.2) is 11.0 Å². The molecule has 0 radical (unpaired) electrons. The van der Waals surface area contributed by atoms with Crippen molar-refractivity contribution in [2.45, 2.75) is 6.92 Å². The van der Waals surface area contributed by atoms with Crippen LogP contribution in [0.3, 0.4) is 0 Å². The molecule has 0 saturated heterocycles. The van der Waals surface area contributed by atoms with Gasteiger partial charge < -0.3 is 4.74 Å². The van der Waals surface area contributed by atoms with E-state index in [4.69, 9.17) is 9.72 Å². The summed E-state index contributed by atoms with van der Waals surface area (Å²) >= 11 is 3.47. The van der Waals surface area contributed by atoms with E-state index in [0.717, 1.165) is 43.0 Å². The number of esters is 1. The highest BCUT2D eigenvalue weighted by atomic mass is 79.9. The number of rotatable bonds is 3. The van der Waals surface area contributed by atoms with Crippen LogP contribution in [0.2, 0.25) is 0 Å². The van der Waals surface area contributed by atoms with Crippen LogP contribution in [0.4, 0.5) is 0 Å². The number of benzene rings is 4. The van der Waals surface area contributed by atoms with Crippen molar-refractivity contribution in [1.29, 1.82) is 0 Å². The second-order valence-corrected chi connectivity index (χ2v) is 8.32. The average molecular weight is 468 g/mol. The van der Waals surface area contributed by atoms with Crippen molar-refractivity contribution < 1.29 is 9.53 Å². The Morgan fingerprint density at radius 1 is 0.839 bits per heavy atom. The lowest BCUT2D eigenvalue weighted by Gasteiger charge is -2.12. The zero-order chi connectivity index (χ0) is 21.4. The molecule has 1 aromatic heterocycles. The maximum atomic E-state index is 13.4. The first-order valence-electron chi connectivity index (χ1n) is 9.96. The summed E-state index contributed by atoms with van der Waals surface area (Å²) in [5, 5.41) is 2.71. The van der Waals surface area contributed by atoms with Crippen LogP contribution in [0.15, 0.2) is 95.5 Å². The van der Waals surface area contributed by atoms with Gasteiger partial charge in [-0.3, -0.25) is 0 Å². The van der Waals surface area contributed by atoms with E-state index in [0.29, 0.717) is 11.3 Å². The van der Waals surface area contributed by atoms with Crippen molar-refractivity contribution in [2.24, 2.45) is 0 Å². The number of para-hydroxylation sites is 1. The molecule has 0 aliphatic carbocycles. The van der Waals surface area contributed by atoms with E-state index in [2.05, 4.69) is 15.9 Å². The smallest absolute Gasteiger partial charge is 0.344 e. The molecule has 5 aromatic rings. The number of fused-ring (bicyclic) bond motifs is 2. The highest BCUT2D eigenvalue weighted by Gasteiger charge is 2.18. The fourth-order valence-electron chi connectivity index (χ4n) is 3.77. The standard InChI is InChI=1S/C27H18BrNO2/c1-17-6-4-10-22-23(16-24(29-26(17)22)19-12-14-20(28)15-13-19)27(30)31-25-11-5-8-18-7-2-3-9-21(18)25/h2-16H,1H3. The highest BCUT2D eigenvalue weighted by Crippen LogP contribution is 2.30. The third-order valence-electron chi connectivity index (χ3n) is 5.35. The van der Waals surface area contributed by atoms with Crippen molar-refractivity contribution in [3.8, 4) is 17.0 Å². The summed E-state index contributed by atoms with van der Waals surface area (Å²) < 4.78 is 6.89. The normalized spacial score (nSPS) is 11.0. The van der Waals surface area contributed by atoms with Crippen LogP contribution in [0, 0.1) is 6.92 Å². The summed E-state index contributed by atoms with van der Waals surface area (Å²) in [6.07, 6.45) is 0. The Kier molecular flexibility index (Phi) is 5.00. The SMILES string of the molecule is Cc1cccc2c(C(=O)Oc3cccc4ccccc34)cc(-c3ccc(Br)cc3)nc12. The van der Waals surface area contributed by atoms with E-state index in [1.165, 1.54) is 0 Å². The van der Waals surface area contributed by atoms with E-state index in [9.17, 15) is 4.79 Å². The Morgan fingerprint density at radius 2 is 1.55 bits per heavy atom. The zero-order valence-electron chi connectivity index (χ0n) is 16.8. The predicted octanol–water partition coefficient (Wildman–Crippen LogP) is 7.35. The van der Waals surface area contributed by atoms with Crippen molar-refractivity contribution in [1.82, 2.24) is 4.98 Å². The second-order valence-electron chi connectivity index (χ2n) is 7.40. The third-order valence-corrected chi connectivity index (χ3v) is 5.88. The van der Waals surface area contributed by atoms with Crippen molar-refractivity contribution >= 4 is 43.6 Å². The molecular formula is C27H18BrNO2. The first-order chi connectivity index (χ1) is 15.1. The number of hydrogen-bond donors (Lipinski definition) is 0. The summed E-state index contributed by atoms with van der Waals surface area (Å²) in [5.74, 6) is 0.152. The lowest BCUT2D eigenvalue weighted by atomic mass is 10.0. The summed E-state index contributed by atoms with van der Waals surface area (Å²) in [6.45, 7) is 2.00. The third kappa shape index (κ3) is 3.71. The quantitative estimate of drug-likeness (QED) is 0.205. The summed E-state index contributed by atoms with van der Waals surface area (Å²) in [5.41, 5.74) is 3.98. The fraction of sp³-hybridized carbons (Fsp3) is 0.0370. The Morgan fingerprint density at radius 3 is 2.39 bits per heavy atom. The summed E-state index contributed by atoms with van der Waals surface area (Å²) in [6, 6.07) is 29.2. The fourth-order valence-corrected chi connectivity index (χ4v) is 4.03. The molecule has 0 atom stereocenters. The molecule has 0 amide bonds. The first kappa shape index (κ1) is 19.5. The number of halogens is 1. The molecule has 0 aliphatic heterocycles. The van der Waals surface area contributed by atoms with Crippen LogP contribution in [0.25, 0.3) is 32.9 Å². The maximum absolute atomic E-state index is 13.4. The largest absolute Gasteiger partial charge is 0.422 e. The van der Waals surface area contributed by atoms with Crippen molar-refractivity contribution in [3.63, 3.8) is 0 Å². The van der Waals surface area contributed by atoms with Gasteiger partial charge in [0.1, 0.15) is 5.75 Å². The minimum Gasteiger partial charge on any atom is -0.422 e. The monoisotopic (exact) mass is 467 g/mol. The average Bonchev–Trinajstić information content (AvgIpc) is 2.79. The Balaban J connectivity index is 1.65. The van der Waals surface area contributed by atoms with Gasteiger partial charge in [0, 0.05) is 20.8 Å². The van der Waals surface area contributed by atoms with Gasteiger partial charge in [-0.2, -0.15) is 0 Å². The topological polar surface area (TPSA) is 39.2 Å². The molecule has 3 nitrogen and oxygen atoms in total. The van der Waals surface area contributed by atoms with Crippen LogP contribution in [0.5, 0.6) is 5.75 Å². The van der Waals surface area contributed by atoms with Crippen molar-refractivity contribution in [3.05, 3.63) is 107 Å². The number of aromatic nitrogens is 1. The van der Waals surface area contributed by atoms with Gasteiger partial charge in [-0.05, 0) is 42.1 Å². The van der Waals surface area contributed by atoms with Gasteiger partial charge >= 0.3 is 5.97 Å². The van der Waals surface area contributed by atoms with Gasteiger partial charge in [-0.1, -0.05) is 82.7 Å². The van der Waals surface area contributed by atoms with E-state index < -0.39 is 5.97 Å². The van der Waals surface area contributed by atoms with Gasteiger partial charge in [-0.25, -0.2) is 9.78 Å². The molecule has 0 spiro atoms. The molecular weight excluding hydrogens is 450 g/mol. The van der Waals surface area contributed by atoms with Crippen molar-refractivity contribution in [2.75, 3.05) is 0 Å². The van der Waals surface area contributed by atoms with Crippen LogP contribution < -0.4 is 4.74 Å². The van der Waals surface area contributed by atoms with E-state index in [1.54, 1.807) is 0 Å². The molecule has 0 fully saturated rings. The van der Waals surface area contributed by atoms with Crippen LogP contribution in [-0.2, 0) is 0 Å². The number of hydrogen-bond acceptors (Lipinski definition) is 3. The number of ether oxygens (including phenoxy) is 1. The number of nitrogens with zero attached hydrogens (tertiary/aromatic N) is 1. The van der Waals surface area contributed by atoms with Gasteiger partial charge in [0.15, 0.2) is 0 Å². The van der Waals surface area contributed by atoms with E-state index in [1.807, 2.05) is 97.9 Å².